The van der Waals surface area contributed by atoms with Gasteiger partial charge in [0.1, 0.15) is 0 Å². The minimum absolute atomic E-state index is 0.138. The number of aromatic nitrogens is 1. The lowest BCUT2D eigenvalue weighted by Gasteiger charge is -2.11. The molecule has 0 aliphatic rings. The third kappa shape index (κ3) is 5.43. The minimum Gasteiger partial charge on any atom is -0.351 e. The Bertz CT molecular complexity index is 785. The molecule has 1 heterocycles. The summed E-state index contributed by atoms with van der Waals surface area (Å²) in [6.45, 7) is 3.77. The Morgan fingerprint density at radius 3 is 2.46 bits per heavy atom. The number of hydrogen-bond donors (Lipinski definition) is 2. The first kappa shape index (κ1) is 18.1. The summed E-state index contributed by atoms with van der Waals surface area (Å²) in [6.07, 6.45) is 3.29. The van der Waals surface area contributed by atoms with Gasteiger partial charge in [0, 0.05) is 18.9 Å². The molecule has 0 saturated carbocycles. The van der Waals surface area contributed by atoms with Crippen molar-refractivity contribution in [3.8, 4) is 0 Å². The summed E-state index contributed by atoms with van der Waals surface area (Å²) < 4.78 is 26.7. The number of rotatable bonds is 7. The number of carbonyl (C=O) groups is 1. The van der Waals surface area contributed by atoms with Crippen molar-refractivity contribution in [2.24, 2.45) is 0 Å². The van der Waals surface area contributed by atoms with Gasteiger partial charge >= 0.3 is 0 Å². The molecule has 0 fully saturated rings. The molecular formula is C17H21N3O3S. The molecule has 0 spiro atoms. The fourth-order valence-corrected chi connectivity index (χ4v) is 3.55. The van der Waals surface area contributed by atoms with Crippen LogP contribution in [-0.4, -0.2) is 25.9 Å². The van der Waals surface area contributed by atoms with Gasteiger partial charge in [-0.15, -0.1) is 0 Å². The van der Waals surface area contributed by atoms with Crippen LogP contribution in [0.25, 0.3) is 0 Å². The van der Waals surface area contributed by atoms with Crippen molar-refractivity contribution >= 4 is 15.9 Å². The standard InChI is InChI=1S/C17H21N3O3S/c1-13-5-3-6-14(2)16(13)12-24(22,23)20-11-17(21)19-10-15-7-4-8-18-9-15/h3-9,20H,10-12H2,1-2H3,(H,19,21). The second-order valence-electron chi connectivity index (χ2n) is 5.59. The van der Waals surface area contributed by atoms with Crippen LogP contribution < -0.4 is 10.0 Å². The minimum atomic E-state index is -3.58. The molecule has 128 valence electrons. The lowest BCUT2D eigenvalue weighted by molar-refractivity contribution is -0.120. The smallest absolute Gasteiger partial charge is 0.235 e. The number of hydrogen-bond acceptors (Lipinski definition) is 4. The van der Waals surface area contributed by atoms with Crippen LogP contribution in [0, 0.1) is 13.8 Å². The second-order valence-corrected chi connectivity index (χ2v) is 7.40. The van der Waals surface area contributed by atoms with Crippen molar-refractivity contribution in [2.45, 2.75) is 26.1 Å². The highest BCUT2D eigenvalue weighted by atomic mass is 32.2. The first-order chi connectivity index (χ1) is 11.4. The van der Waals surface area contributed by atoms with Gasteiger partial charge in [-0.3, -0.25) is 9.78 Å². The van der Waals surface area contributed by atoms with Crippen molar-refractivity contribution in [1.29, 1.82) is 0 Å². The Morgan fingerprint density at radius 2 is 1.83 bits per heavy atom. The number of benzene rings is 1. The first-order valence-electron chi connectivity index (χ1n) is 7.55. The predicted molar refractivity (Wildman–Crippen MR) is 92.6 cm³/mol. The summed E-state index contributed by atoms with van der Waals surface area (Å²) in [5.41, 5.74) is 3.45. The van der Waals surface area contributed by atoms with Crippen molar-refractivity contribution in [1.82, 2.24) is 15.0 Å². The number of sulfonamides is 1. The molecule has 24 heavy (non-hydrogen) atoms. The van der Waals surface area contributed by atoms with Gasteiger partial charge in [0.25, 0.3) is 0 Å². The van der Waals surface area contributed by atoms with E-state index in [4.69, 9.17) is 0 Å². The highest BCUT2D eigenvalue weighted by molar-refractivity contribution is 7.88. The third-order valence-electron chi connectivity index (χ3n) is 3.64. The van der Waals surface area contributed by atoms with E-state index in [2.05, 4.69) is 15.0 Å². The quantitative estimate of drug-likeness (QED) is 0.793. The molecule has 0 radical (unpaired) electrons. The van der Waals surface area contributed by atoms with Gasteiger partial charge in [-0.2, -0.15) is 0 Å². The highest BCUT2D eigenvalue weighted by Gasteiger charge is 2.16. The Morgan fingerprint density at radius 1 is 1.12 bits per heavy atom. The summed E-state index contributed by atoms with van der Waals surface area (Å²) in [6, 6.07) is 9.24. The van der Waals surface area contributed by atoms with Crippen molar-refractivity contribution in [3.05, 3.63) is 65.0 Å². The van der Waals surface area contributed by atoms with Crippen molar-refractivity contribution < 1.29 is 13.2 Å². The molecule has 0 saturated heterocycles. The number of pyridine rings is 1. The molecular weight excluding hydrogens is 326 g/mol. The molecule has 2 rings (SSSR count). The monoisotopic (exact) mass is 347 g/mol. The summed E-state index contributed by atoms with van der Waals surface area (Å²) in [4.78, 5) is 15.7. The predicted octanol–water partition coefficient (Wildman–Crippen LogP) is 1.43. The normalized spacial score (nSPS) is 11.2. The number of amides is 1. The Kier molecular flexibility index (Phi) is 6.05. The summed E-state index contributed by atoms with van der Waals surface area (Å²) >= 11 is 0. The summed E-state index contributed by atoms with van der Waals surface area (Å²) in [7, 11) is -3.58. The zero-order valence-corrected chi connectivity index (χ0v) is 14.6. The van der Waals surface area contributed by atoms with Crippen molar-refractivity contribution in [2.75, 3.05) is 6.54 Å². The molecule has 2 N–H and O–H groups in total. The van der Waals surface area contributed by atoms with Crippen LogP contribution in [0.5, 0.6) is 0 Å². The number of carbonyl (C=O) groups excluding carboxylic acids is 1. The number of nitrogens with zero attached hydrogens (tertiary/aromatic N) is 1. The van der Waals surface area contributed by atoms with Gasteiger partial charge in [-0.25, -0.2) is 13.1 Å². The Hall–Kier alpha value is -2.25. The van der Waals surface area contributed by atoms with Crippen LogP contribution in [-0.2, 0) is 27.1 Å². The van der Waals surface area contributed by atoms with Gasteiger partial charge in [-0.05, 0) is 42.2 Å². The molecule has 2 aromatic rings. The SMILES string of the molecule is Cc1cccc(C)c1CS(=O)(=O)NCC(=O)NCc1cccnc1. The maximum Gasteiger partial charge on any atom is 0.235 e. The topological polar surface area (TPSA) is 88.2 Å². The molecule has 1 aromatic carbocycles. The van der Waals surface area contributed by atoms with Crippen LogP contribution in [0.3, 0.4) is 0 Å². The highest BCUT2D eigenvalue weighted by Crippen LogP contribution is 2.15. The average molecular weight is 347 g/mol. The lowest BCUT2D eigenvalue weighted by Crippen LogP contribution is -2.37. The van der Waals surface area contributed by atoms with E-state index in [-0.39, 0.29) is 18.2 Å². The summed E-state index contributed by atoms with van der Waals surface area (Å²) in [5, 5.41) is 2.65. The second kappa shape index (κ2) is 8.03. The molecule has 0 aliphatic heterocycles. The van der Waals surface area contributed by atoms with E-state index in [1.165, 1.54) is 0 Å². The maximum absolute atomic E-state index is 12.2. The lowest BCUT2D eigenvalue weighted by atomic mass is 10.1. The average Bonchev–Trinajstić information content (AvgIpc) is 2.56. The van der Waals surface area contributed by atoms with Gasteiger partial charge < -0.3 is 5.32 Å². The molecule has 1 amide bonds. The summed E-state index contributed by atoms with van der Waals surface area (Å²) in [5.74, 6) is -0.523. The van der Waals surface area contributed by atoms with Gasteiger partial charge in [0.15, 0.2) is 0 Å². The fourth-order valence-electron chi connectivity index (χ4n) is 2.26. The Labute approximate surface area is 142 Å². The zero-order valence-electron chi connectivity index (χ0n) is 13.7. The molecule has 0 aliphatic carbocycles. The zero-order chi connectivity index (χ0) is 17.6. The molecule has 7 heteroatoms. The van der Waals surface area contributed by atoms with Gasteiger partial charge in [-0.1, -0.05) is 24.3 Å². The molecule has 0 atom stereocenters. The molecule has 6 nitrogen and oxygen atoms in total. The van der Waals surface area contributed by atoms with Gasteiger partial charge in [0.2, 0.25) is 15.9 Å². The van der Waals surface area contributed by atoms with E-state index in [1.807, 2.05) is 38.1 Å². The fraction of sp³-hybridized carbons (Fsp3) is 0.294. The Balaban J connectivity index is 1.87. The van der Waals surface area contributed by atoms with Crippen LogP contribution in [0.2, 0.25) is 0 Å². The molecule has 0 unspecified atom stereocenters. The molecule has 1 aromatic heterocycles. The maximum atomic E-state index is 12.2. The third-order valence-corrected chi connectivity index (χ3v) is 4.90. The van der Waals surface area contributed by atoms with E-state index in [1.54, 1.807) is 18.5 Å². The van der Waals surface area contributed by atoms with E-state index in [0.29, 0.717) is 6.54 Å². The van der Waals surface area contributed by atoms with Crippen LogP contribution in [0.15, 0.2) is 42.7 Å². The van der Waals surface area contributed by atoms with Crippen molar-refractivity contribution in [3.63, 3.8) is 0 Å². The van der Waals surface area contributed by atoms with E-state index < -0.39 is 10.0 Å². The van der Waals surface area contributed by atoms with Gasteiger partial charge in [0.05, 0.1) is 12.3 Å². The molecule has 0 bridgehead atoms. The van der Waals surface area contributed by atoms with Crippen LogP contribution in [0.1, 0.15) is 22.3 Å². The van der Waals surface area contributed by atoms with E-state index in [9.17, 15) is 13.2 Å². The number of aryl methyl sites for hydroxylation is 2. The van der Waals surface area contributed by atoms with E-state index >= 15 is 0 Å². The van der Waals surface area contributed by atoms with Crippen LogP contribution in [0.4, 0.5) is 0 Å². The van der Waals surface area contributed by atoms with Crippen LogP contribution >= 0.6 is 0 Å². The first-order valence-corrected chi connectivity index (χ1v) is 9.20. The number of nitrogens with one attached hydrogen (secondary N) is 2. The van der Waals surface area contributed by atoms with E-state index in [0.717, 1.165) is 22.3 Å². The largest absolute Gasteiger partial charge is 0.351 e.